The van der Waals surface area contributed by atoms with Crippen LogP contribution in [-0.4, -0.2) is 39.8 Å². The topological polar surface area (TPSA) is 96.6 Å². The van der Waals surface area contributed by atoms with E-state index < -0.39 is 10.0 Å². The van der Waals surface area contributed by atoms with Gasteiger partial charge in [0.2, 0.25) is 10.0 Å². The van der Waals surface area contributed by atoms with Crippen molar-refractivity contribution < 1.29 is 8.42 Å². The van der Waals surface area contributed by atoms with Gasteiger partial charge in [-0.1, -0.05) is 45.0 Å². The molecule has 1 aromatic rings. The molecule has 0 bridgehead atoms. The van der Waals surface area contributed by atoms with Crippen molar-refractivity contribution in [1.82, 2.24) is 10.6 Å². The Balaban J connectivity index is 0.00000576. The maximum absolute atomic E-state index is 10.9. The molecule has 8 heteroatoms. The second-order valence-corrected chi connectivity index (χ2v) is 8.49. The fraction of sp³-hybridized carbons (Fsp3) is 0.588. The molecule has 0 aliphatic rings. The number of nitrogens with zero attached hydrogens (tertiary/aromatic N) is 1. The van der Waals surface area contributed by atoms with Crippen molar-refractivity contribution in [2.45, 2.75) is 39.5 Å². The number of primary sulfonamides is 1. The first-order valence-corrected chi connectivity index (χ1v) is 9.95. The van der Waals surface area contributed by atoms with Crippen LogP contribution >= 0.6 is 24.0 Å². The molecular formula is C17H31IN4O2S. The maximum atomic E-state index is 10.9. The average molecular weight is 482 g/mol. The van der Waals surface area contributed by atoms with E-state index >= 15 is 0 Å². The Labute approximate surface area is 169 Å². The van der Waals surface area contributed by atoms with E-state index in [1.54, 1.807) is 0 Å². The molecule has 0 aliphatic heterocycles. The largest absolute Gasteiger partial charge is 0.357 e. The summed E-state index contributed by atoms with van der Waals surface area (Å²) in [5.74, 6) is 0.449. The molecule has 1 rings (SSSR count). The number of rotatable bonds is 7. The van der Waals surface area contributed by atoms with Crippen LogP contribution in [0.25, 0.3) is 0 Å². The summed E-state index contributed by atoms with van der Waals surface area (Å²) in [5.41, 5.74) is 2.72. The van der Waals surface area contributed by atoms with E-state index in [9.17, 15) is 8.42 Å². The number of hydrogen-bond donors (Lipinski definition) is 3. The predicted molar refractivity (Wildman–Crippen MR) is 116 cm³/mol. The fourth-order valence-corrected chi connectivity index (χ4v) is 2.47. The summed E-state index contributed by atoms with van der Waals surface area (Å²) in [7, 11) is -3.48. The van der Waals surface area contributed by atoms with Gasteiger partial charge in [0.15, 0.2) is 5.96 Å². The molecule has 25 heavy (non-hydrogen) atoms. The lowest BCUT2D eigenvalue weighted by Crippen LogP contribution is -2.38. The lowest BCUT2D eigenvalue weighted by atomic mass is 9.86. The third-order valence-electron chi connectivity index (χ3n) is 3.52. The lowest BCUT2D eigenvalue weighted by molar-refractivity contribution is 0.590. The average Bonchev–Trinajstić information content (AvgIpc) is 2.45. The first-order chi connectivity index (χ1) is 11.1. The smallest absolute Gasteiger partial charge is 0.210 e. The molecule has 0 aromatic heterocycles. The predicted octanol–water partition coefficient (Wildman–Crippen LogP) is 1.99. The van der Waals surface area contributed by atoms with Crippen molar-refractivity contribution in [3.63, 3.8) is 0 Å². The van der Waals surface area contributed by atoms with Crippen LogP contribution in [0.4, 0.5) is 0 Å². The van der Waals surface area contributed by atoms with Crippen LogP contribution in [0.3, 0.4) is 0 Å². The minimum Gasteiger partial charge on any atom is -0.357 e. The Morgan fingerprint density at radius 3 is 2.24 bits per heavy atom. The van der Waals surface area contributed by atoms with Crippen molar-refractivity contribution in [3.05, 3.63) is 35.4 Å². The van der Waals surface area contributed by atoms with Crippen molar-refractivity contribution in [1.29, 1.82) is 0 Å². The molecule has 0 fully saturated rings. The van der Waals surface area contributed by atoms with Crippen molar-refractivity contribution >= 4 is 40.0 Å². The third kappa shape index (κ3) is 10.7. The fourth-order valence-electron chi connectivity index (χ4n) is 2.12. The Morgan fingerprint density at radius 2 is 1.76 bits per heavy atom. The number of nitrogens with two attached hydrogens (primary N) is 1. The van der Waals surface area contributed by atoms with Crippen LogP contribution in [-0.2, 0) is 21.9 Å². The number of benzene rings is 1. The molecule has 0 unspecified atom stereocenters. The molecule has 1 aromatic carbocycles. The van der Waals surface area contributed by atoms with Crippen molar-refractivity contribution in [2.24, 2.45) is 10.1 Å². The number of halogens is 1. The molecule has 0 saturated carbocycles. The molecule has 0 aliphatic carbocycles. The molecule has 0 radical (unpaired) electrons. The van der Waals surface area contributed by atoms with E-state index in [1.807, 2.05) is 6.92 Å². The second kappa shape index (κ2) is 11.0. The zero-order valence-electron chi connectivity index (χ0n) is 15.5. The monoisotopic (exact) mass is 482 g/mol. The number of aliphatic imine (C=N–C) groups is 1. The van der Waals surface area contributed by atoms with Gasteiger partial charge in [-0.15, -0.1) is 24.0 Å². The van der Waals surface area contributed by atoms with Gasteiger partial charge in [-0.3, -0.25) is 4.99 Å². The Bertz CT molecular complexity index is 638. The molecular weight excluding hydrogens is 451 g/mol. The van der Waals surface area contributed by atoms with Gasteiger partial charge in [0.05, 0.1) is 12.3 Å². The van der Waals surface area contributed by atoms with Gasteiger partial charge in [0, 0.05) is 13.1 Å². The van der Waals surface area contributed by atoms with Gasteiger partial charge < -0.3 is 10.6 Å². The SMILES string of the molecule is CCNC(=NCCS(N)(=O)=O)NCCc1ccc(C(C)(C)C)cc1.I. The normalized spacial score (nSPS) is 12.4. The molecule has 6 nitrogen and oxygen atoms in total. The lowest BCUT2D eigenvalue weighted by Gasteiger charge is -2.19. The zero-order chi connectivity index (χ0) is 18.2. The first kappa shape index (κ1) is 24.1. The van der Waals surface area contributed by atoms with Crippen LogP contribution in [0.2, 0.25) is 0 Å². The van der Waals surface area contributed by atoms with E-state index in [-0.39, 0.29) is 41.7 Å². The summed E-state index contributed by atoms with van der Waals surface area (Å²) in [6.45, 7) is 10.1. The summed E-state index contributed by atoms with van der Waals surface area (Å²) < 4.78 is 21.9. The highest BCUT2D eigenvalue weighted by molar-refractivity contribution is 14.0. The minimum absolute atomic E-state index is 0. The highest BCUT2D eigenvalue weighted by atomic mass is 127. The van der Waals surface area contributed by atoms with Gasteiger partial charge >= 0.3 is 0 Å². The Morgan fingerprint density at radius 1 is 1.16 bits per heavy atom. The van der Waals surface area contributed by atoms with Gasteiger partial charge in [0.25, 0.3) is 0 Å². The van der Waals surface area contributed by atoms with Crippen LogP contribution in [0.1, 0.15) is 38.8 Å². The highest BCUT2D eigenvalue weighted by Crippen LogP contribution is 2.22. The quantitative estimate of drug-likeness (QED) is 0.315. The molecule has 0 amide bonds. The van der Waals surface area contributed by atoms with Gasteiger partial charge in [-0.2, -0.15) is 0 Å². The minimum atomic E-state index is -3.48. The molecule has 0 saturated heterocycles. The first-order valence-electron chi connectivity index (χ1n) is 8.24. The number of guanidine groups is 1. The summed E-state index contributed by atoms with van der Waals surface area (Å²) >= 11 is 0. The Kier molecular flexibility index (Phi) is 10.6. The van der Waals surface area contributed by atoms with E-state index in [0.717, 1.165) is 13.0 Å². The van der Waals surface area contributed by atoms with E-state index in [2.05, 4.69) is 60.7 Å². The third-order valence-corrected chi connectivity index (χ3v) is 4.27. The molecule has 0 heterocycles. The molecule has 0 atom stereocenters. The van der Waals surface area contributed by atoms with Gasteiger partial charge in [0.1, 0.15) is 0 Å². The molecule has 4 N–H and O–H groups in total. The van der Waals surface area contributed by atoms with Crippen LogP contribution in [0, 0.1) is 0 Å². The van der Waals surface area contributed by atoms with E-state index in [1.165, 1.54) is 11.1 Å². The maximum Gasteiger partial charge on any atom is 0.210 e. The molecule has 0 spiro atoms. The highest BCUT2D eigenvalue weighted by Gasteiger charge is 2.12. The van der Waals surface area contributed by atoms with Crippen LogP contribution in [0.5, 0.6) is 0 Å². The zero-order valence-corrected chi connectivity index (χ0v) is 18.6. The standard InChI is InChI=1S/C17H30N4O2S.HI/c1-5-19-16(21-12-13-24(18,22)23)20-11-10-14-6-8-15(9-7-14)17(2,3)4;/h6-9H,5,10-13H2,1-4H3,(H2,18,22,23)(H2,19,20,21);1H. The summed E-state index contributed by atoms with van der Waals surface area (Å²) in [6.07, 6.45) is 0.865. The van der Waals surface area contributed by atoms with Crippen molar-refractivity contribution in [3.8, 4) is 0 Å². The number of sulfonamides is 1. The van der Waals surface area contributed by atoms with Crippen LogP contribution < -0.4 is 15.8 Å². The van der Waals surface area contributed by atoms with Crippen molar-refractivity contribution in [2.75, 3.05) is 25.4 Å². The summed E-state index contributed by atoms with van der Waals surface area (Å²) in [4.78, 5) is 4.21. The summed E-state index contributed by atoms with van der Waals surface area (Å²) in [6, 6.07) is 8.63. The number of hydrogen-bond acceptors (Lipinski definition) is 3. The second-order valence-electron chi connectivity index (χ2n) is 6.75. The number of nitrogens with one attached hydrogen (secondary N) is 2. The van der Waals surface area contributed by atoms with Crippen LogP contribution in [0.15, 0.2) is 29.3 Å². The Hall–Kier alpha value is -0.870. The van der Waals surface area contributed by atoms with E-state index in [0.29, 0.717) is 12.5 Å². The van der Waals surface area contributed by atoms with Gasteiger partial charge in [-0.05, 0) is 29.9 Å². The van der Waals surface area contributed by atoms with E-state index in [4.69, 9.17) is 5.14 Å². The summed E-state index contributed by atoms with van der Waals surface area (Å²) in [5, 5.41) is 11.3. The van der Waals surface area contributed by atoms with Gasteiger partial charge in [-0.25, -0.2) is 13.6 Å². The molecule has 144 valence electrons.